The lowest BCUT2D eigenvalue weighted by atomic mass is 9.83. The Balaban J connectivity index is 2.06. The molecule has 90 valence electrons. The third-order valence-electron chi connectivity index (χ3n) is 4.08. The predicted octanol–water partition coefficient (Wildman–Crippen LogP) is 2.30. The first-order valence-electron chi connectivity index (χ1n) is 6.40. The van der Waals surface area contributed by atoms with Crippen molar-refractivity contribution in [2.45, 2.75) is 44.1 Å². The highest BCUT2D eigenvalue weighted by atomic mass is 16.1. The Bertz CT molecular complexity index is 461. The molecule has 0 atom stereocenters. The van der Waals surface area contributed by atoms with Crippen molar-refractivity contribution in [3.63, 3.8) is 0 Å². The summed E-state index contributed by atoms with van der Waals surface area (Å²) in [6.07, 6.45) is 5.98. The number of amides is 1. The Kier molecular flexibility index (Phi) is 2.44. The van der Waals surface area contributed by atoms with Crippen LogP contribution >= 0.6 is 0 Å². The van der Waals surface area contributed by atoms with E-state index in [0.717, 1.165) is 24.9 Å². The van der Waals surface area contributed by atoms with E-state index in [1.807, 2.05) is 12.1 Å². The molecule has 0 spiro atoms. The molecular weight excluding hydrogens is 212 g/mol. The molecule has 0 saturated heterocycles. The molecule has 0 unspecified atom stereocenters. The number of anilines is 1. The summed E-state index contributed by atoms with van der Waals surface area (Å²) in [7, 11) is 0. The van der Waals surface area contributed by atoms with Crippen LogP contribution in [0.4, 0.5) is 5.69 Å². The zero-order valence-electron chi connectivity index (χ0n) is 9.96. The van der Waals surface area contributed by atoms with Gasteiger partial charge >= 0.3 is 0 Å². The predicted molar refractivity (Wildman–Crippen MR) is 67.7 cm³/mol. The van der Waals surface area contributed by atoms with Gasteiger partial charge in [-0.3, -0.25) is 4.79 Å². The molecule has 3 rings (SSSR count). The van der Waals surface area contributed by atoms with E-state index >= 15 is 0 Å². The van der Waals surface area contributed by atoms with E-state index in [0.29, 0.717) is 6.42 Å². The standard InChI is InChI=1S/C14H18N2O/c15-14(8-1-2-9-14)11-4-3-5-12-10(11)6-7-13(17)16-12/h3-5H,1-2,6-9,15H2,(H,16,17). The molecule has 1 amide bonds. The van der Waals surface area contributed by atoms with Crippen molar-refractivity contribution in [2.24, 2.45) is 5.73 Å². The van der Waals surface area contributed by atoms with Crippen molar-refractivity contribution in [1.29, 1.82) is 0 Å². The monoisotopic (exact) mass is 230 g/mol. The van der Waals surface area contributed by atoms with Gasteiger partial charge in [0.15, 0.2) is 0 Å². The highest BCUT2D eigenvalue weighted by Crippen LogP contribution is 2.40. The maximum absolute atomic E-state index is 11.4. The van der Waals surface area contributed by atoms with Crippen LogP contribution in [0.3, 0.4) is 0 Å². The van der Waals surface area contributed by atoms with Crippen molar-refractivity contribution in [3.8, 4) is 0 Å². The number of nitrogens with one attached hydrogen (secondary N) is 1. The molecule has 1 aromatic rings. The minimum atomic E-state index is -0.159. The third kappa shape index (κ3) is 1.75. The van der Waals surface area contributed by atoms with Crippen molar-refractivity contribution >= 4 is 11.6 Å². The minimum absolute atomic E-state index is 0.118. The van der Waals surface area contributed by atoms with Gasteiger partial charge in [-0.2, -0.15) is 0 Å². The summed E-state index contributed by atoms with van der Waals surface area (Å²) in [6, 6.07) is 6.13. The van der Waals surface area contributed by atoms with E-state index in [4.69, 9.17) is 5.73 Å². The summed E-state index contributed by atoms with van der Waals surface area (Å²) in [5.74, 6) is 0.118. The van der Waals surface area contributed by atoms with Gasteiger partial charge in [0.25, 0.3) is 0 Å². The third-order valence-corrected chi connectivity index (χ3v) is 4.08. The highest BCUT2D eigenvalue weighted by molar-refractivity contribution is 5.94. The molecule has 17 heavy (non-hydrogen) atoms. The molecule has 0 radical (unpaired) electrons. The fourth-order valence-electron chi connectivity index (χ4n) is 3.17. The van der Waals surface area contributed by atoms with E-state index in [1.54, 1.807) is 0 Å². The number of benzene rings is 1. The number of carbonyl (C=O) groups is 1. The molecule has 1 saturated carbocycles. The van der Waals surface area contributed by atoms with Gasteiger partial charge in [-0.05, 0) is 36.5 Å². The van der Waals surface area contributed by atoms with Crippen molar-refractivity contribution in [3.05, 3.63) is 29.3 Å². The van der Waals surface area contributed by atoms with Crippen LogP contribution in [0.2, 0.25) is 0 Å². The van der Waals surface area contributed by atoms with Crippen LogP contribution in [0.25, 0.3) is 0 Å². The molecule has 3 heteroatoms. The number of hydrogen-bond acceptors (Lipinski definition) is 2. The second-order valence-electron chi connectivity index (χ2n) is 5.24. The maximum atomic E-state index is 11.4. The first-order valence-corrected chi connectivity index (χ1v) is 6.40. The summed E-state index contributed by atoms with van der Waals surface area (Å²) in [5, 5.41) is 2.95. The molecule has 1 aliphatic heterocycles. The molecule has 3 N–H and O–H groups in total. The average molecular weight is 230 g/mol. The van der Waals surface area contributed by atoms with Gasteiger partial charge < -0.3 is 11.1 Å². The lowest BCUT2D eigenvalue weighted by Gasteiger charge is -2.30. The van der Waals surface area contributed by atoms with Gasteiger partial charge in [0.1, 0.15) is 0 Å². The fraction of sp³-hybridized carbons (Fsp3) is 0.500. The molecule has 1 aliphatic carbocycles. The minimum Gasteiger partial charge on any atom is -0.326 e. The van der Waals surface area contributed by atoms with Crippen molar-refractivity contribution in [2.75, 3.05) is 5.32 Å². The van der Waals surface area contributed by atoms with Crippen LogP contribution in [0.1, 0.15) is 43.2 Å². The first kappa shape index (κ1) is 10.8. The molecule has 2 aliphatic rings. The summed E-state index contributed by atoms with van der Waals surface area (Å²) >= 11 is 0. The topological polar surface area (TPSA) is 55.1 Å². The first-order chi connectivity index (χ1) is 8.19. The molecule has 0 aromatic heterocycles. The zero-order chi connectivity index (χ0) is 11.9. The maximum Gasteiger partial charge on any atom is 0.224 e. The van der Waals surface area contributed by atoms with Gasteiger partial charge in [0, 0.05) is 17.6 Å². The van der Waals surface area contributed by atoms with Crippen LogP contribution in [-0.4, -0.2) is 5.91 Å². The lowest BCUT2D eigenvalue weighted by molar-refractivity contribution is -0.116. The fourth-order valence-corrected chi connectivity index (χ4v) is 3.17. The quantitative estimate of drug-likeness (QED) is 0.777. The molecule has 1 heterocycles. The van der Waals surface area contributed by atoms with Crippen LogP contribution < -0.4 is 11.1 Å². The Hall–Kier alpha value is -1.35. The van der Waals surface area contributed by atoms with E-state index in [9.17, 15) is 4.79 Å². The van der Waals surface area contributed by atoms with Gasteiger partial charge in [0.05, 0.1) is 0 Å². The lowest BCUT2D eigenvalue weighted by Crippen LogP contribution is -2.35. The molecule has 0 bridgehead atoms. The van der Waals surface area contributed by atoms with E-state index in [2.05, 4.69) is 11.4 Å². The molecule has 1 aromatic carbocycles. The number of rotatable bonds is 1. The van der Waals surface area contributed by atoms with Crippen molar-refractivity contribution in [1.82, 2.24) is 0 Å². The Labute approximate surface area is 101 Å². The summed E-state index contributed by atoms with van der Waals surface area (Å²) in [5.41, 5.74) is 9.85. The van der Waals surface area contributed by atoms with Gasteiger partial charge in [-0.25, -0.2) is 0 Å². The van der Waals surface area contributed by atoms with E-state index < -0.39 is 0 Å². The number of fused-ring (bicyclic) bond motifs is 1. The molecular formula is C14H18N2O. The molecule has 1 fully saturated rings. The van der Waals surface area contributed by atoms with Crippen LogP contribution in [0.15, 0.2) is 18.2 Å². The number of carbonyl (C=O) groups excluding carboxylic acids is 1. The summed E-state index contributed by atoms with van der Waals surface area (Å²) < 4.78 is 0. The summed E-state index contributed by atoms with van der Waals surface area (Å²) in [4.78, 5) is 11.4. The van der Waals surface area contributed by atoms with Gasteiger partial charge in [-0.15, -0.1) is 0 Å². The van der Waals surface area contributed by atoms with Crippen LogP contribution in [0, 0.1) is 0 Å². The zero-order valence-corrected chi connectivity index (χ0v) is 9.96. The second kappa shape index (κ2) is 3.84. The number of nitrogens with two attached hydrogens (primary N) is 1. The van der Waals surface area contributed by atoms with Gasteiger partial charge in [-0.1, -0.05) is 25.0 Å². The molecule has 3 nitrogen and oxygen atoms in total. The second-order valence-corrected chi connectivity index (χ2v) is 5.24. The SMILES string of the molecule is NC1(c2cccc3c2CCC(=O)N3)CCCC1. The van der Waals surface area contributed by atoms with Crippen molar-refractivity contribution < 1.29 is 4.79 Å². The van der Waals surface area contributed by atoms with Gasteiger partial charge in [0.2, 0.25) is 5.91 Å². The van der Waals surface area contributed by atoms with E-state index in [1.165, 1.54) is 24.0 Å². The average Bonchev–Trinajstić information content (AvgIpc) is 2.76. The number of hydrogen-bond donors (Lipinski definition) is 2. The van der Waals surface area contributed by atoms with Crippen LogP contribution in [-0.2, 0) is 16.8 Å². The Morgan fingerprint density at radius 1 is 1.18 bits per heavy atom. The Morgan fingerprint density at radius 2 is 1.94 bits per heavy atom. The van der Waals surface area contributed by atoms with E-state index in [-0.39, 0.29) is 11.4 Å². The highest BCUT2D eigenvalue weighted by Gasteiger charge is 2.34. The summed E-state index contributed by atoms with van der Waals surface area (Å²) in [6.45, 7) is 0. The van der Waals surface area contributed by atoms with Crippen LogP contribution in [0.5, 0.6) is 0 Å². The smallest absolute Gasteiger partial charge is 0.224 e. The largest absolute Gasteiger partial charge is 0.326 e. The Morgan fingerprint density at radius 3 is 2.71 bits per heavy atom. The normalized spacial score (nSPS) is 22.1.